The zero-order valence-electron chi connectivity index (χ0n) is 16.5. The number of H-pyrrole nitrogens is 1. The van der Waals surface area contributed by atoms with E-state index in [0.717, 1.165) is 42.8 Å². The molecular formula is C21H27N5O2. The summed E-state index contributed by atoms with van der Waals surface area (Å²) in [7, 11) is 0. The zero-order chi connectivity index (χ0) is 19.3. The Labute approximate surface area is 164 Å². The van der Waals surface area contributed by atoms with Gasteiger partial charge in [-0.15, -0.1) is 0 Å². The molecular weight excluding hydrogens is 354 g/mol. The van der Waals surface area contributed by atoms with Crippen molar-refractivity contribution in [3.63, 3.8) is 0 Å². The van der Waals surface area contributed by atoms with Gasteiger partial charge in [0.05, 0.1) is 24.0 Å². The van der Waals surface area contributed by atoms with Crippen molar-refractivity contribution < 1.29 is 9.53 Å². The van der Waals surface area contributed by atoms with Crippen LogP contribution < -0.4 is 10.1 Å². The topological polar surface area (TPSA) is 92.8 Å². The molecule has 2 aromatic rings. The highest BCUT2D eigenvalue weighted by Gasteiger charge is 2.46. The van der Waals surface area contributed by atoms with Gasteiger partial charge in [-0.1, -0.05) is 0 Å². The molecule has 7 heteroatoms. The molecule has 0 aliphatic heterocycles. The van der Waals surface area contributed by atoms with Crippen LogP contribution in [0.15, 0.2) is 12.3 Å². The van der Waals surface area contributed by atoms with Gasteiger partial charge < -0.3 is 10.1 Å². The molecule has 7 nitrogen and oxygen atoms in total. The van der Waals surface area contributed by atoms with Gasteiger partial charge in [0.1, 0.15) is 5.69 Å². The Morgan fingerprint density at radius 3 is 2.68 bits per heavy atom. The summed E-state index contributed by atoms with van der Waals surface area (Å²) < 4.78 is 5.96. The predicted octanol–water partition coefficient (Wildman–Crippen LogP) is 3.23. The maximum Gasteiger partial charge on any atom is 0.272 e. The van der Waals surface area contributed by atoms with Crippen LogP contribution in [-0.4, -0.2) is 32.7 Å². The van der Waals surface area contributed by atoms with Crippen molar-refractivity contribution in [2.24, 2.45) is 11.8 Å². The summed E-state index contributed by atoms with van der Waals surface area (Å²) in [5, 5.41) is 10.6. The first-order chi connectivity index (χ1) is 13.5. The molecule has 1 atom stereocenters. The number of amides is 1. The van der Waals surface area contributed by atoms with Crippen LogP contribution in [0.3, 0.4) is 0 Å². The molecule has 2 N–H and O–H groups in total. The Kier molecular flexibility index (Phi) is 4.14. The Bertz CT molecular complexity index is 898. The molecule has 3 aliphatic rings. The number of aryl methyl sites for hydroxylation is 1. The number of hydrogen-bond donors (Lipinski definition) is 2. The Balaban J connectivity index is 1.38. The van der Waals surface area contributed by atoms with E-state index < -0.39 is 5.54 Å². The van der Waals surface area contributed by atoms with E-state index in [0.29, 0.717) is 35.9 Å². The highest BCUT2D eigenvalue weighted by atomic mass is 16.5. The fraction of sp³-hybridized carbons (Fsp3) is 0.619. The molecule has 2 heterocycles. The van der Waals surface area contributed by atoms with Gasteiger partial charge in [-0.25, -0.2) is 4.98 Å². The SMILES string of the molecule is Cc1cc(C(C)(NC(=O)c2cnc(C3CC3)c(OCC3CC3)n2)C2CC2)n[nH]1. The second-order valence-corrected chi connectivity index (χ2v) is 8.84. The van der Waals surface area contributed by atoms with Crippen LogP contribution in [0, 0.1) is 18.8 Å². The molecule has 0 aromatic carbocycles. The van der Waals surface area contributed by atoms with E-state index in [1.165, 1.54) is 12.8 Å². The third kappa shape index (κ3) is 3.50. The number of nitrogens with zero attached hydrogens (tertiary/aromatic N) is 3. The number of nitrogens with one attached hydrogen (secondary N) is 2. The quantitative estimate of drug-likeness (QED) is 0.732. The van der Waals surface area contributed by atoms with Crippen LogP contribution >= 0.6 is 0 Å². The molecule has 3 saturated carbocycles. The second kappa shape index (κ2) is 6.57. The molecule has 1 unspecified atom stereocenters. The van der Waals surface area contributed by atoms with Crippen molar-refractivity contribution in [1.29, 1.82) is 0 Å². The number of rotatable bonds is 8. The summed E-state index contributed by atoms with van der Waals surface area (Å²) in [6, 6.07) is 2.00. The van der Waals surface area contributed by atoms with Crippen LogP contribution in [-0.2, 0) is 5.54 Å². The van der Waals surface area contributed by atoms with Gasteiger partial charge in [-0.2, -0.15) is 5.10 Å². The lowest BCUT2D eigenvalue weighted by molar-refractivity contribution is 0.0882. The maximum absolute atomic E-state index is 13.1. The third-order valence-electron chi connectivity index (χ3n) is 6.12. The van der Waals surface area contributed by atoms with Crippen LogP contribution in [0.25, 0.3) is 0 Å². The van der Waals surface area contributed by atoms with Gasteiger partial charge in [-0.05, 0) is 70.3 Å². The average Bonchev–Trinajstić information content (AvgIpc) is 3.55. The molecule has 1 amide bonds. The van der Waals surface area contributed by atoms with Crippen molar-refractivity contribution in [3.05, 3.63) is 35.0 Å². The van der Waals surface area contributed by atoms with Crippen LogP contribution in [0.4, 0.5) is 0 Å². The van der Waals surface area contributed by atoms with Gasteiger partial charge in [0, 0.05) is 11.6 Å². The van der Waals surface area contributed by atoms with Crippen LogP contribution in [0.5, 0.6) is 5.88 Å². The van der Waals surface area contributed by atoms with Crippen LogP contribution in [0.1, 0.15) is 78.9 Å². The zero-order valence-corrected chi connectivity index (χ0v) is 16.5. The lowest BCUT2D eigenvalue weighted by Gasteiger charge is -2.29. The Morgan fingerprint density at radius 1 is 1.29 bits per heavy atom. The number of aromatic nitrogens is 4. The van der Waals surface area contributed by atoms with E-state index in [1.54, 1.807) is 6.20 Å². The number of carbonyl (C=O) groups is 1. The number of aromatic amines is 1. The maximum atomic E-state index is 13.1. The predicted molar refractivity (Wildman–Crippen MR) is 103 cm³/mol. The van der Waals surface area contributed by atoms with Crippen molar-refractivity contribution in [3.8, 4) is 5.88 Å². The molecule has 148 valence electrons. The molecule has 28 heavy (non-hydrogen) atoms. The first-order valence-corrected chi connectivity index (χ1v) is 10.4. The van der Waals surface area contributed by atoms with E-state index in [2.05, 4.69) is 32.4 Å². The lowest BCUT2D eigenvalue weighted by Crippen LogP contribution is -2.46. The molecule has 0 saturated heterocycles. The highest BCUT2D eigenvalue weighted by Crippen LogP contribution is 2.45. The molecule has 2 aromatic heterocycles. The minimum atomic E-state index is -0.506. The van der Waals surface area contributed by atoms with E-state index in [4.69, 9.17) is 4.74 Å². The Morgan fingerprint density at radius 2 is 2.07 bits per heavy atom. The van der Waals surface area contributed by atoms with E-state index >= 15 is 0 Å². The van der Waals surface area contributed by atoms with Gasteiger partial charge >= 0.3 is 0 Å². The van der Waals surface area contributed by atoms with Crippen molar-refractivity contribution in [2.45, 2.75) is 63.8 Å². The first kappa shape index (κ1) is 17.6. The van der Waals surface area contributed by atoms with Gasteiger partial charge in [0.25, 0.3) is 5.91 Å². The fourth-order valence-electron chi connectivity index (χ4n) is 3.74. The van der Waals surface area contributed by atoms with Gasteiger partial charge in [0.15, 0.2) is 5.69 Å². The number of ether oxygens (including phenoxy) is 1. The number of carbonyl (C=O) groups excluding carboxylic acids is 1. The summed E-state index contributed by atoms with van der Waals surface area (Å²) in [6.45, 7) is 4.69. The van der Waals surface area contributed by atoms with E-state index in [-0.39, 0.29) is 5.91 Å². The smallest absolute Gasteiger partial charge is 0.272 e. The van der Waals surface area contributed by atoms with Gasteiger partial charge in [-0.3, -0.25) is 14.9 Å². The van der Waals surface area contributed by atoms with Crippen LogP contribution in [0.2, 0.25) is 0 Å². The molecule has 3 fully saturated rings. The lowest BCUT2D eigenvalue weighted by atomic mass is 9.91. The van der Waals surface area contributed by atoms with E-state index in [9.17, 15) is 4.79 Å². The van der Waals surface area contributed by atoms with Crippen molar-refractivity contribution >= 4 is 5.91 Å². The summed E-state index contributed by atoms with van der Waals surface area (Å²) >= 11 is 0. The fourth-order valence-corrected chi connectivity index (χ4v) is 3.74. The second-order valence-electron chi connectivity index (χ2n) is 8.84. The Hall–Kier alpha value is -2.44. The summed E-state index contributed by atoms with van der Waals surface area (Å²) in [5.74, 6) is 1.78. The summed E-state index contributed by atoms with van der Waals surface area (Å²) in [6.07, 6.45) is 8.45. The molecule has 0 radical (unpaired) electrons. The van der Waals surface area contributed by atoms with E-state index in [1.807, 2.05) is 13.0 Å². The largest absolute Gasteiger partial charge is 0.476 e. The highest BCUT2D eigenvalue weighted by molar-refractivity contribution is 5.92. The minimum absolute atomic E-state index is 0.221. The summed E-state index contributed by atoms with van der Waals surface area (Å²) in [5.41, 5.74) is 2.57. The monoisotopic (exact) mass is 381 g/mol. The normalized spacial score (nSPS) is 21.2. The molecule has 0 spiro atoms. The van der Waals surface area contributed by atoms with Crippen molar-refractivity contribution in [2.75, 3.05) is 6.61 Å². The number of hydrogen-bond acceptors (Lipinski definition) is 5. The minimum Gasteiger partial charge on any atom is -0.476 e. The summed E-state index contributed by atoms with van der Waals surface area (Å²) in [4.78, 5) is 22.2. The third-order valence-corrected chi connectivity index (χ3v) is 6.12. The molecule has 5 rings (SSSR count). The van der Waals surface area contributed by atoms with Crippen molar-refractivity contribution in [1.82, 2.24) is 25.5 Å². The first-order valence-electron chi connectivity index (χ1n) is 10.4. The molecule has 0 bridgehead atoms. The standard InChI is InChI=1S/C21H27N5O2/c1-12-9-17(26-25-12)21(2,15-7-8-15)24-19(27)16-10-22-18(14-5-6-14)20(23-16)28-11-13-3-4-13/h9-10,13-15H,3-8,11H2,1-2H3,(H,24,27)(H,25,26). The van der Waals surface area contributed by atoms with Gasteiger partial charge in [0.2, 0.25) is 5.88 Å². The average molecular weight is 381 g/mol. The molecule has 3 aliphatic carbocycles.